The van der Waals surface area contributed by atoms with Gasteiger partial charge in [0.05, 0.1) is 0 Å². The lowest BCUT2D eigenvalue weighted by atomic mass is 10.1. The van der Waals surface area contributed by atoms with Crippen LogP contribution in [0, 0.1) is 0 Å². The van der Waals surface area contributed by atoms with E-state index in [1.165, 1.54) is 16.5 Å². The fourth-order valence-corrected chi connectivity index (χ4v) is 1.73. The molecule has 2 aromatic rings. The van der Waals surface area contributed by atoms with Crippen LogP contribution in [0.25, 0.3) is 10.8 Å². The highest BCUT2D eigenvalue weighted by molar-refractivity contribution is 6.17. The van der Waals surface area contributed by atoms with Crippen molar-refractivity contribution in [1.29, 1.82) is 0 Å². The van der Waals surface area contributed by atoms with Crippen molar-refractivity contribution in [2.24, 2.45) is 0 Å². The maximum atomic E-state index is 5.62. The number of hydrogen-bond donors (Lipinski definition) is 1. The predicted molar refractivity (Wildman–Crippen MR) is 67.8 cm³/mol. The molecular formula is C13H14ClN. The van der Waals surface area contributed by atoms with E-state index < -0.39 is 0 Å². The van der Waals surface area contributed by atoms with Crippen molar-refractivity contribution in [2.45, 2.75) is 6.42 Å². The Kier molecular flexibility index (Phi) is 3.46. The Hall–Kier alpha value is -1.21. The fraction of sp³-hybridized carbons (Fsp3) is 0.231. The van der Waals surface area contributed by atoms with Crippen molar-refractivity contribution in [3.8, 4) is 0 Å². The lowest BCUT2D eigenvalue weighted by molar-refractivity contribution is 0.988. The van der Waals surface area contributed by atoms with E-state index >= 15 is 0 Å². The number of fused-ring (bicyclic) bond motifs is 1. The molecule has 0 aliphatic rings. The van der Waals surface area contributed by atoms with Gasteiger partial charge in [-0.05, 0) is 29.3 Å². The largest absolute Gasteiger partial charge is 0.385 e. The van der Waals surface area contributed by atoms with Gasteiger partial charge in [0, 0.05) is 18.1 Å². The SMILES string of the molecule is ClCCCNc1ccc2ccccc2c1. The number of alkyl halides is 1. The summed E-state index contributed by atoms with van der Waals surface area (Å²) in [5, 5.41) is 5.90. The van der Waals surface area contributed by atoms with Gasteiger partial charge in [-0.25, -0.2) is 0 Å². The first-order chi connectivity index (χ1) is 7.40. The monoisotopic (exact) mass is 219 g/mol. The molecule has 0 spiro atoms. The second kappa shape index (κ2) is 5.04. The Balaban J connectivity index is 2.16. The van der Waals surface area contributed by atoms with Gasteiger partial charge in [0.2, 0.25) is 0 Å². The van der Waals surface area contributed by atoms with E-state index in [9.17, 15) is 0 Å². The molecule has 0 amide bonds. The smallest absolute Gasteiger partial charge is 0.0346 e. The molecule has 0 atom stereocenters. The summed E-state index contributed by atoms with van der Waals surface area (Å²) in [4.78, 5) is 0. The molecule has 1 N–H and O–H groups in total. The third kappa shape index (κ3) is 2.63. The number of benzene rings is 2. The van der Waals surface area contributed by atoms with Gasteiger partial charge in [-0.2, -0.15) is 0 Å². The standard InChI is InChI=1S/C13H14ClN/c14-8-3-9-15-13-7-6-11-4-1-2-5-12(11)10-13/h1-2,4-7,10,15H,3,8-9H2. The predicted octanol–water partition coefficient (Wildman–Crippen LogP) is 3.88. The Bertz CT molecular complexity index is 439. The summed E-state index contributed by atoms with van der Waals surface area (Å²) in [6, 6.07) is 14.8. The maximum absolute atomic E-state index is 5.62. The van der Waals surface area contributed by atoms with Gasteiger partial charge in [0.1, 0.15) is 0 Å². The molecule has 2 rings (SSSR count). The first-order valence-electron chi connectivity index (χ1n) is 5.19. The van der Waals surface area contributed by atoms with Crippen LogP contribution in [0.3, 0.4) is 0 Å². The zero-order chi connectivity index (χ0) is 10.5. The van der Waals surface area contributed by atoms with Gasteiger partial charge in [-0.15, -0.1) is 11.6 Å². The highest BCUT2D eigenvalue weighted by atomic mass is 35.5. The number of hydrogen-bond acceptors (Lipinski definition) is 1. The quantitative estimate of drug-likeness (QED) is 0.608. The molecule has 0 unspecified atom stereocenters. The minimum Gasteiger partial charge on any atom is -0.385 e. The van der Waals surface area contributed by atoms with Crippen LogP contribution in [-0.4, -0.2) is 12.4 Å². The molecule has 2 aromatic carbocycles. The molecule has 0 saturated heterocycles. The van der Waals surface area contributed by atoms with Crippen LogP contribution in [-0.2, 0) is 0 Å². The van der Waals surface area contributed by atoms with Crippen LogP contribution >= 0.6 is 11.6 Å². The molecule has 1 nitrogen and oxygen atoms in total. The average molecular weight is 220 g/mol. The summed E-state index contributed by atoms with van der Waals surface area (Å²) in [6.07, 6.45) is 0.994. The van der Waals surface area contributed by atoms with Gasteiger partial charge in [0.25, 0.3) is 0 Å². The molecule has 78 valence electrons. The minimum absolute atomic E-state index is 0.709. The van der Waals surface area contributed by atoms with Gasteiger partial charge in [-0.3, -0.25) is 0 Å². The van der Waals surface area contributed by atoms with Crippen molar-refractivity contribution in [1.82, 2.24) is 0 Å². The fourth-order valence-electron chi connectivity index (χ4n) is 1.60. The topological polar surface area (TPSA) is 12.0 Å². The van der Waals surface area contributed by atoms with Crippen LogP contribution in [0.5, 0.6) is 0 Å². The lowest BCUT2D eigenvalue weighted by Crippen LogP contribution is -2.01. The van der Waals surface area contributed by atoms with Crippen molar-refractivity contribution in [2.75, 3.05) is 17.7 Å². The van der Waals surface area contributed by atoms with Crippen LogP contribution in [0.1, 0.15) is 6.42 Å². The van der Waals surface area contributed by atoms with Gasteiger partial charge < -0.3 is 5.32 Å². The normalized spacial score (nSPS) is 10.5. The van der Waals surface area contributed by atoms with E-state index in [1.54, 1.807) is 0 Å². The zero-order valence-electron chi connectivity index (χ0n) is 8.54. The van der Waals surface area contributed by atoms with E-state index in [-0.39, 0.29) is 0 Å². The lowest BCUT2D eigenvalue weighted by Gasteiger charge is -2.06. The van der Waals surface area contributed by atoms with Crippen molar-refractivity contribution in [3.63, 3.8) is 0 Å². The number of rotatable bonds is 4. The Morgan fingerprint density at radius 2 is 1.80 bits per heavy atom. The molecule has 2 heteroatoms. The molecule has 0 aromatic heterocycles. The van der Waals surface area contributed by atoms with Crippen LogP contribution in [0.4, 0.5) is 5.69 Å². The van der Waals surface area contributed by atoms with Gasteiger partial charge in [0.15, 0.2) is 0 Å². The van der Waals surface area contributed by atoms with E-state index in [4.69, 9.17) is 11.6 Å². The first kappa shape index (κ1) is 10.3. The molecule has 0 fully saturated rings. The van der Waals surface area contributed by atoms with Crippen LogP contribution in [0.15, 0.2) is 42.5 Å². The van der Waals surface area contributed by atoms with Gasteiger partial charge in [-0.1, -0.05) is 30.3 Å². The van der Waals surface area contributed by atoms with Crippen LogP contribution in [0.2, 0.25) is 0 Å². The molecule has 15 heavy (non-hydrogen) atoms. The molecule has 0 radical (unpaired) electrons. The first-order valence-corrected chi connectivity index (χ1v) is 5.72. The van der Waals surface area contributed by atoms with E-state index in [1.807, 2.05) is 0 Å². The second-order valence-electron chi connectivity index (χ2n) is 3.53. The average Bonchev–Trinajstić information content (AvgIpc) is 2.29. The summed E-state index contributed by atoms with van der Waals surface area (Å²) in [7, 11) is 0. The molecular weight excluding hydrogens is 206 g/mol. The maximum Gasteiger partial charge on any atom is 0.0346 e. The second-order valence-corrected chi connectivity index (χ2v) is 3.91. The minimum atomic E-state index is 0.709. The van der Waals surface area contributed by atoms with E-state index in [0.717, 1.165) is 13.0 Å². The zero-order valence-corrected chi connectivity index (χ0v) is 9.30. The number of anilines is 1. The summed E-state index contributed by atoms with van der Waals surface area (Å²) < 4.78 is 0. The molecule has 0 heterocycles. The van der Waals surface area contributed by atoms with Crippen molar-refractivity contribution < 1.29 is 0 Å². The summed E-state index contributed by atoms with van der Waals surface area (Å²) >= 11 is 5.62. The Morgan fingerprint density at radius 3 is 2.60 bits per heavy atom. The highest BCUT2D eigenvalue weighted by Crippen LogP contribution is 2.18. The Labute approximate surface area is 95.1 Å². The molecule has 0 bridgehead atoms. The van der Waals surface area contributed by atoms with Gasteiger partial charge >= 0.3 is 0 Å². The van der Waals surface area contributed by atoms with Crippen molar-refractivity contribution >= 4 is 28.1 Å². The van der Waals surface area contributed by atoms with E-state index in [2.05, 4.69) is 47.8 Å². The van der Waals surface area contributed by atoms with Crippen LogP contribution < -0.4 is 5.32 Å². The van der Waals surface area contributed by atoms with Crippen molar-refractivity contribution in [3.05, 3.63) is 42.5 Å². The third-order valence-electron chi connectivity index (χ3n) is 2.39. The summed E-state index contributed by atoms with van der Waals surface area (Å²) in [5.41, 5.74) is 1.17. The molecule has 0 aliphatic carbocycles. The summed E-state index contributed by atoms with van der Waals surface area (Å²) in [6.45, 7) is 0.932. The van der Waals surface area contributed by atoms with E-state index in [0.29, 0.717) is 5.88 Å². The molecule has 0 saturated carbocycles. The number of nitrogens with one attached hydrogen (secondary N) is 1. The molecule has 0 aliphatic heterocycles. The Morgan fingerprint density at radius 1 is 1.00 bits per heavy atom. The number of halogens is 1. The third-order valence-corrected chi connectivity index (χ3v) is 2.66. The highest BCUT2D eigenvalue weighted by Gasteiger charge is 1.94. The summed E-state index contributed by atoms with van der Waals surface area (Å²) in [5.74, 6) is 0.709.